The number of carbonyl (C=O) groups excluding carboxylic acids is 1. The Labute approximate surface area is 254 Å². The lowest BCUT2D eigenvalue weighted by Gasteiger charge is -2.17. The second-order valence-electron chi connectivity index (χ2n) is 12.1. The third-order valence-corrected chi connectivity index (χ3v) is 7.24. The lowest BCUT2D eigenvalue weighted by atomic mass is 9.95. The average Bonchev–Trinajstić information content (AvgIpc) is 3.60. The van der Waals surface area contributed by atoms with E-state index in [1.165, 1.54) is 12.1 Å². The Morgan fingerprint density at radius 1 is 0.955 bits per heavy atom. The Bertz CT molecular complexity index is 1990. The van der Waals surface area contributed by atoms with Crippen molar-refractivity contribution in [3.63, 3.8) is 0 Å². The fourth-order valence-corrected chi connectivity index (χ4v) is 4.88. The highest BCUT2D eigenvalue weighted by atomic mass is 19.1. The van der Waals surface area contributed by atoms with Crippen LogP contribution >= 0.6 is 0 Å². The molecule has 1 aromatic carbocycles. The number of halogens is 1. The van der Waals surface area contributed by atoms with E-state index in [0.717, 1.165) is 34.2 Å². The number of pyridine rings is 3. The summed E-state index contributed by atoms with van der Waals surface area (Å²) in [7, 11) is 3.99. The molecule has 11 heteroatoms. The van der Waals surface area contributed by atoms with Crippen LogP contribution in [0.15, 0.2) is 67.1 Å². The summed E-state index contributed by atoms with van der Waals surface area (Å²) in [5.74, 6) is -0.435. The van der Waals surface area contributed by atoms with Crippen LogP contribution in [-0.4, -0.2) is 68.1 Å². The van der Waals surface area contributed by atoms with E-state index in [0.29, 0.717) is 46.1 Å². The van der Waals surface area contributed by atoms with Crippen molar-refractivity contribution in [2.45, 2.75) is 20.8 Å². The highest BCUT2D eigenvalue weighted by Crippen LogP contribution is 2.34. The Kier molecular flexibility index (Phi) is 7.56. The number of likely N-dealkylation sites (N-methyl/N-ethyl adjacent to an activating group) is 1. The summed E-state index contributed by atoms with van der Waals surface area (Å²) in [5.41, 5.74) is 7.21. The van der Waals surface area contributed by atoms with E-state index in [9.17, 15) is 9.18 Å². The summed E-state index contributed by atoms with van der Waals surface area (Å²) < 4.78 is 14.7. The predicted molar refractivity (Wildman–Crippen MR) is 173 cm³/mol. The van der Waals surface area contributed by atoms with Crippen molar-refractivity contribution in [3.05, 3.63) is 72.9 Å². The van der Waals surface area contributed by atoms with Crippen LogP contribution in [0.3, 0.4) is 0 Å². The van der Waals surface area contributed by atoms with Crippen LogP contribution in [-0.2, 0) is 4.79 Å². The van der Waals surface area contributed by atoms with Crippen molar-refractivity contribution in [2.75, 3.05) is 37.8 Å². The first kappa shape index (κ1) is 28.9. The molecular formula is C33H34FN9O. The number of anilines is 2. The minimum Gasteiger partial charge on any atom is -0.384 e. The van der Waals surface area contributed by atoms with E-state index in [1.54, 1.807) is 18.6 Å². The van der Waals surface area contributed by atoms with Crippen LogP contribution in [0, 0.1) is 11.2 Å². The fourth-order valence-electron chi connectivity index (χ4n) is 4.88. The number of hydrogen-bond donors (Lipinski definition) is 4. The summed E-state index contributed by atoms with van der Waals surface area (Å²) in [6.07, 6.45) is 5.04. The molecule has 0 spiro atoms. The predicted octanol–water partition coefficient (Wildman–Crippen LogP) is 6.33. The number of amides is 1. The minimum atomic E-state index is -0.534. The van der Waals surface area contributed by atoms with E-state index < -0.39 is 5.41 Å². The van der Waals surface area contributed by atoms with Crippen molar-refractivity contribution >= 4 is 39.2 Å². The second-order valence-corrected chi connectivity index (χ2v) is 12.1. The summed E-state index contributed by atoms with van der Waals surface area (Å²) in [4.78, 5) is 31.9. The molecule has 5 heterocycles. The van der Waals surface area contributed by atoms with Gasteiger partial charge >= 0.3 is 0 Å². The van der Waals surface area contributed by atoms with Crippen LogP contribution in [0.4, 0.5) is 15.8 Å². The van der Waals surface area contributed by atoms with E-state index in [-0.39, 0.29) is 11.7 Å². The van der Waals surface area contributed by atoms with Gasteiger partial charge in [-0.05, 0) is 62.6 Å². The number of hydrogen-bond acceptors (Lipinski definition) is 7. The zero-order valence-electron chi connectivity index (χ0n) is 25.3. The van der Waals surface area contributed by atoms with Gasteiger partial charge in [-0.1, -0.05) is 20.8 Å². The second kappa shape index (κ2) is 11.5. The van der Waals surface area contributed by atoms with Crippen molar-refractivity contribution in [2.24, 2.45) is 5.41 Å². The summed E-state index contributed by atoms with van der Waals surface area (Å²) in [5, 5.41) is 14.7. The van der Waals surface area contributed by atoms with Crippen molar-refractivity contribution in [3.8, 4) is 33.9 Å². The molecule has 1 amide bonds. The molecule has 5 aromatic heterocycles. The number of rotatable bonds is 8. The van der Waals surface area contributed by atoms with Crippen molar-refractivity contribution in [1.82, 2.24) is 35.0 Å². The highest BCUT2D eigenvalue weighted by Gasteiger charge is 2.22. The third kappa shape index (κ3) is 6.00. The number of H-pyrrole nitrogens is 2. The summed E-state index contributed by atoms with van der Waals surface area (Å²) >= 11 is 0. The molecule has 0 aliphatic rings. The molecular weight excluding hydrogens is 557 g/mol. The highest BCUT2D eigenvalue weighted by molar-refractivity contribution is 5.99. The molecule has 0 atom stereocenters. The maximum absolute atomic E-state index is 14.7. The van der Waals surface area contributed by atoms with Gasteiger partial charge in [-0.2, -0.15) is 5.10 Å². The molecule has 0 aliphatic carbocycles. The van der Waals surface area contributed by atoms with Gasteiger partial charge in [0.05, 0.1) is 34.5 Å². The largest absolute Gasteiger partial charge is 0.384 e. The van der Waals surface area contributed by atoms with Gasteiger partial charge in [0.2, 0.25) is 5.91 Å². The maximum atomic E-state index is 14.7. The molecule has 224 valence electrons. The number of nitrogens with one attached hydrogen (secondary N) is 4. The van der Waals surface area contributed by atoms with Crippen LogP contribution in [0.2, 0.25) is 0 Å². The molecule has 4 N–H and O–H groups in total. The molecule has 44 heavy (non-hydrogen) atoms. The van der Waals surface area contributed by atoms with E-state index in [2.05, 4.69) is 40.7 Å². The third-order valence-electron chi connectivity index (χ3n) is 7.24. The molecule has 0 saturated carbocycles. The first-order valence-corrected chi connectivity index (χ1v) is 14.3. The minimum absolute atomic E-state index is 0.0975. The van der Waals surface area contributed by atoms with E-state index >= 15 is 0 Å². The molecule has 0 aliphatic heterocycles. The lowest BCUT2D eigenvalue weighted by Crippen LogP contribution is -2.27. The van der Waals surface area contributed by atoms with Gasteiger partial charge in [0, 0.05) is 58.6 Å². The lowest BCUT2D eigenvalue weighted by molar-refractivity contribution is -0.123. The Hall–Kier alpha value is -5.16. The first-order chi connectivity index (χ1) is 21.0. The zero-order valence-corrected chi connectivity index (χ0v) is 25.3. The molecule has 0 saturated heterocycles. The number of fused-ring (bicyclic) bond motifs is 2. The number of benzene rings is 1. The molecule has 10 nitrogen and oxygen atoms in total. The smallest absolute Gasteiger partial charge is 0.229 e. The fraction of sp³-hybridized carbons (Fsp3) is 0.242. The van der Waals surface area contributed by atoms with Gasteiger partial charge in [0.1, 0.15) is 17.0 Å². The molecule has 0 unspecified atom stereocenters. The zero-order chi connectivity index (χ0) is 31.0. The van der Waals surface area contributed by atoms with Gasteiger partial charge in [-0.3, -0.25) is 19.9 Å². The van der Waals surface area contributed by atoms with E-state index in [4.69, 9.17) is 4.98 Å². The Morgan fingerprint density at radius 2 is 1.77 bits per heavy atom. The number of aromatic amines is 2. The van der Waals surface area contributed by atoms with Crippen LogP contribution < -0.4 is 10.6 Å². The molecule has 0 bridgehead atoms. The van der Waals surface area contributed by atoms with E-state index in [1.807, 2.05) is 71.3 Å². The standard InChI is InChI=1S/C33H34FN9O/c1-33(2,3)32(44)38-23-14-20(17-35-18-23)25-6-7-27-30(40-25)31(42-41-27)28-16-24-26(39-28)8-9-37-29(24)19-12-21(34)15-22(13-19)36-10-11-43(4)5/h6-9,12-18,36,39H,10-11H2,1-5H3,(H,38,44)(H,41,42). The van der Waals surface area contributed by atoms with Gasteiger partial charge in [-0.25, -0.2) is 9.37 Å². The van der Waals surface area contributed by atoms with Crippen LogP contribution in [0.25, 0.3) is 55.8 Å². The van der Waals surface area contributed by atoms with Crippen molar-refractivity contribution < 1.29 is 9.18 Å². The normalized spacial score (nSPS) is 11.9. The Balaban J connectivity index is 1.35. The number of carbonyl (C=O) groups is 1. The quantitative estimate of drug-likeness (QED) is 0.163. The monoisotopic (exact) mass is 591 g/mol. The van der Waals surface area contributed by atoms with Gasteiger partial charge < -0.3 is 20.5 Å². The molecule has 0 fully saturated rings. The SMILES string of the molecule is CN(C)CCNc1cc(F)cc(-c2nccc3[nH]c(-c4n[nH]c5ccc(-c6cncc(NC(=O)C(C)(C)C)c6)nc45)cc23)c1. The van der Waals surface area contributed by atoms with Crippen LogP contribution in [0.1, 0.15) is 20.8 Å². The summed E-state index contributed by atoms with van der Waals surface area (Å²) in [6, 6.07) is 14.4. The van der Waals surface area contributed by atoms with Crippen LogP contribution in [0.5, 0.6) is 0 Å². The summed E-state index contributed by atoms with van der Waals surface area (Å²) in [6.45, 7) is 7.09. The van der Waals surface area contributed by atoms with Gasteiger partial charge in [0.25, 0.3) is 0 Å². The molecule has 6 aromatic rings. The topological polar surface area (TPSA) is 128 Å². The van der Waals surface area contributed by atoms with Gasteiger partial charge in [-0.15, -0.1) is 0 Å². The number of aromatic nitrogens is 6. The number of nitrogens with zero attached hydrogens (tertiary/aromatic N) is 5. The molecule has 0 radical (unpaired) electrons. The van der Waals surface area contributed by atoms with Gasteiger partial charge in [0.15, 0.2) is 0 Å². The van der Waals surface area contributed by atoms with Crippen molar-refractivity contribution in [1.29, 1.82) is 0 Å². The maximum Gasteiger partial charge on any atom is 0.229 e. The molecule has 6 rings (SSSR count). The average molecular weight is 592 g/mol. The Morgan fingerprint density at radius 3 is 2.57 bits per heavy atom. The first-order valence-electron chi connectivity index (χ1n) is 14.3.